The number of H-pyrrole nitrogens is 1. The van der Waals surface area contributed by atoms with Gasteiger partial charge < -0.3 is 30.4 Å². The number of esters is 1. The van der Waals surface area contributed by atoms with Crippen LogP contribution in [0.2, 0.25) is 0 Å². The van der Waals surface area contributed by atoms with E-state index in [9.17, 15) is 19.2 Å². The average Bonchev–Trinajstić information content (AvgIpc) is 3.36. The predicted molar refractivity (Wildman–Crippen MR) is 161 cm³/mol. The number of alkyl carbamates (subject to hydrolysis) is 1. The second-order valence-electron chi connectivity index (χ2n) is 11.1. The van der Waals surface area contributed by atoms with Gasteiger partial charge >= 0.3 is 12.1 Å². The van der Waals surface area contributed by atoms with Gasteiger partial charge in [-0.15, -0.1) is 0 Å². The van der Waals surface area contributed by atoms with Crippen molar-refractivity contribution < 1.29 is 28.7 Å². The van der Waals surface area contributed by atoms with E-state index in [-0.39, 0.29) is 18.0 Å². The van der Waals surface area contributed by atoms with Crippen LogP contribution in [0.15, 0.2) is 66.5 Å². The van der Waals surface area contributed by atoms with Crippen LogP contribution in [0.3, 0.4) is 0 Å². The summed E-state index contributed by atoms with van der Waals surface area (Å²) in [6.07, 6.45) is 3.28. The molecule has 0 saturated heterocycles. The van der Waals surface area contributed by atoms with E-state index in [0.29, 0.717) is 12.0 Å². The van der Waals surface area contributed by atoms with Crippen molar-refractivity contribution in [3.8, 4) is 0 Å². The van der Waals surface area contributed by atoms with Gasteiger partial charge in [0.1, 0.15) is 23.4 Å². The lowest BCUT2D eigenvalue weighted by Crippen LogP contribution is -2.53. The summed E-state index contributed by atoms with van der Waals surface area (Å²) >= 11 is 0. The van der Waals surface area contributed by atoms with Crippen molar-refractivity contribution in [2.24, 2.45) is 5.92 Å². The molecule has 224 valence electrons. The maximum atomic E-state index is 13.7. The molecule has 0 fully saturated rings. The largest absolute Gasteiger partial charge is 0.467 e. The van der Waals surface area contributed by atoms with Crippen LogP contribution in [0.1, 0.15) is 52.2 Å². The summed E-state index contributed by atoms with van der Waals surface area (Å²) in [6.45, 7) is 8.88. The Bertz CT molecular complexity index is 1420. The molecule has 3 atom stereocenters. The quantitative estimate of drug-likeness (QED) is 0.196. The zero-order valence-electron chi connectivity index (χ0n) is 24.9. The number of benzene rings is 2. The Morgan fingerprint density at radius 2 is 1.64 bits per heavy atom. The summed E-state index contributed by atoms with van der Waals surface area (Å²) < 4.78 is 10.3. The third-order valence-corrected chi connectivity index (χ3v) is 6.67. The summed E-state index contributed by atoms with van der Waals surface area (Å²) in [5, 5.41) is 8.96. The van der Waals surface area contributed by atoms with Crippen LogP contribution in [-0.4, -0.2) is 53.7 Å². The average molecular weight is 577 g/mol. The molecule has 0 aliphatic carbocycles. The predicted octanol–water partition coefficient (Wildman–Crippen LogP) is 4.46. The monoisotopic (exact) mass is 576 g/mol. The molecule has 3 amide bonds. The first-order chi connectivity index (χ1) is 19.9. The molecule has 0 aliphatic rings. The zero-order valence-corrected chi connectivity index (χ0v) is 24.9. The van der Waals surface area contributed by atoms with Gasteiger partial charge in [0.15, 0.2) is 0 Å². The molecular formula is C32H40N4O6. The van der Waals surface area contributed by atoms with Crippen LogP contribution in [0.25, 0.3) is 17.0 Å². The molecule has 0 aliphatic heterocycles. The highest BCUT2D eigenvalue weighted by atomic mass is 16.6. The number of nitrogens with one attached hydrogen (secondary N) is 4. The minimum absolute atomic E-state index is 0.0988. The van der Waals surface area contributed by atoms with Gasteiger partial charge in [0, 0.05) is 23.5 Å². The van der Waals surface area contributed by atoms with E-state index in [2.05, 4.69) is 20.9 Å². The highest BCUT2D eigenvalue weighted by Crippen LogP contribution is 2.20. The lowest BCUT2D eigenvalue weighted by atomic mass is 9.98. The van der Waals surface area contributed by atoms with Gasteiger partial charge in [-0.25, -0.2) is 9.59 Å². The summed E-state index contributed by atoms with van der Waals surface area (Å²) in [7, 11) is 1.25. The first-order valence-electron chi connectivity index (χ1n) is 13.9. The molecule has 0 bridgehead atoms. The fraction of sp³-hybridized carbons (Fsp3) is 0.375. The summed E-state index contributed by atoms with van der Waals surface area (Å²) in [4.78, 5) is 55.7. The number of carbonyl (C=O) groups excluding carboxylic acids is 4. The van der Waals surface area contributed by atoms with Crippen molar-refractivity contribution in [1.29, 1.82) is 0 Å². The molecule has 2 aromatic carbocycles. The number of ether oxygens (including phenoxy) is 2. The summed E-state index contributed by atoms with van der Waals surface area (Å²) in [6, 6.07) is 14.6. The highest BCUT2D eigenvalue weighted by molar-refractivity contribution is 6.04. The fourth-order valence-electron chi connectivity index (χ4n) is 4.31. The van der Waals surface area contributed by atoms with Crippen molar-refractivity contribution in [2.75, 3.05) is 7.11 Å². The van der Waals surface area contributed by atoms with Crippen LogP contribution < -0.4 is 16.0 Å². The van der Waals surface area contributed by atoms with Crippen molar-refractivity contribution in [3.63, 3.8) is 0 Å². The van der Waals surface area contributed by atoms with Crippen LogP contribution in [0, 0.1) is 5.92 Å². The minimum Gasteiger partial charge on any atom is -0.467 e. The van der Waals surface area contributed by atoms with Crippen molar-refractivity contribution in [3.05, 3.63) is 77.6 Å². The second kappa shape index (κ2) is 14.3. The molecule has 10 heteroatoms. The maximum Gasteiger partial charge on any atom is 0.408 e. The van der Waals surface area contributed by atoms with Gasteiger partial charge in [-0.2, -0.15) is 0 Å². The van der Waals surface area contributed by atoms with Gasteiger partial charge in [0.05, 0.1) is 7.11 Å². The molecule has 4 N–H and O–H groups in total. The molecule has 3 rings (SSSR count). The Balaban J connectivity index is 1.89. The van der Waals surface area contributed by atoms with E-state index in [4.69, 9.17) is 9.47 Å². The van der Waals surface area contributed by atoms with Gasteiger partial charge in [-0.1, -0.05) is 68.8 Å². The van der Waals surface area contributed by atoms with Crippen molar-refractivity contribution in [1.82, 2.24) is 20.9 Å². The van der Waals surface area contributed by atoms with Crippen LogP contribution in [-0.2, 0) is 30.3 Å². The highest BCUT2D eigenvalue weighted by Gasteiger charge is 2.31. The van der Waals surface area contributed by atoms with E-state index in [1.165, 1.54) is 13.2 Å². The second-order valence-corrected chi connectivity index (χ2v) is 11.1. The van der Waals surface area contributed by atoms with Gasteiger partial charge in [0.2, 0.25) is 5.91 Å². The Morgan fingerprint density at radius 3 is 2.29 bits per heavy atom. The number of aromatic nitrogens is 1. The topological polar surface area (TPSA) is 139 Å². The Kier molecular flexibility index (Phi) is 10.9. The Labute approximate surface area is 246 Å². The standard InChI is InChI=1S/C32H40N4O6/c1-7-20(2)27(36-31(40)42-32(3,4)5)29(38)34-25(17-21-13-9-8-10-14-21)28(37)35-26(30(39)41-6)18-22-19-33-24-16-12-11-15-23(22)24/h8-17,19-20,26-27,33H,7,18H2,1-6H3,(H,34,38)(H,35,37)(H,36,40)/b25-17+/t20-,26-,27-/m0/s1. The lowest BCUT2D eigenvalue weighted by molar-refractivity contribution is -0.144. The molecule has 0 unspecified atom stereocenters. The molecule has 3 aromatic rings. The van der Waals surface area contributed by atoms with E-state index in [1.807, 2.05) is 44.2 Å². The zero-order chi connectivity index (χ0) is 30.9. The van der Waals surface area contributed by atoms with Crippen molar-refractivity contribution in [2.45, 2.75) is 65.1 Å². The fourth-order valence-corrected chi connectivity index (χ4v) is 4.31. The Morgan fingerprint density at radius 1 is 0.976 bits per heavy atom. The number of amides is 3. The third kappa shape index (κ3) is 8.95. The molecule has 0 radical (unpaired) electrons. The number of hydrogen-bond donors (Lipinski definition) is 4. The number of carbonyl (C=O) groups is 4. The number of hydrogen-bond acceptors (Lipinski definition) is 6. The molecule has 0 spiro atoms. The minimum atomic E-state index is -1.04. The number of para-hydroxylation sites is 1. The molecule has 10 nitrogen and oxygen atoms in total. The van der Waals surface area contributed by atoms with E-state index >= 15 is 0 Å². The van der Waals surface area contributed by atoms with Gasteiger partial charge in [-0.05, 0) is 50.0 Å². The summed E-state index contributed by atoms with van der Waals surface area (Å²) in [5.41, 5.74) is 1.50. The molecule has 0 saturated carbocycles. The van der Waals surface area contributed by atoms with E-state index in [1.54, 1.807) is 51.2 Å². The molecular weight excluding hydrogens is 536 g/mol. The SMILES string of the molecule is CC[C@H](C)[C@H](NC(=O)OC(C)(C)C)C(=O)N/C(=C/c1ccccc1)C(=O)N[C@@H](Cc1c[nH]c2ccccc12)C(=O)OC. The Hall–Kier alpha value is -4.60. The normalized spacial score (nSPS) is 13.9. The number of aromatic amines is 1. The third-order valence-electron chi connectivity index (χ3n) is 6.67. The molecule has 42 heavy (non-hydrogen) atoms. The van der Waals surface area contributed by atoms with Crippen molar-refractivity contribution >= 4 is 40.9 Å². The van der Waals surface area contributed by atoms with E-state index in [0.717, 1.165) is 16.5 Å². The lowest BCUT2D eigenvalue weighted by Gasteiger charge is -2.26. The first kappa shape index (κ1) is 31.9. The van der Waals surface area contributed by atoms with Crippen LogP contribution in [0.5, 0.6) is 0 Å². The number of fused-ring (bicyclic) bond motifs is 1. The first-order valence-corrected chi connectivity index (χ1v) is 13.9. The van der Waals surface area contributed by atoms with E-state index < -0.39 is 41.6 Å². The van der Waals surface area contributed by atoms with Crippen LogP contribution >= 0.6 is 0 Å². The molecule has 1 heterocycles. The number of rotatable bonds is 11. The maximum absolute atomic E-state index is 13.7. The van der Waals surface area contributed by atoms with Gasteiger partial charge in [-0.3, -0.25) is 9.59 Å². The van der Waals surface area contributed by atoms with Gasteiger partial charge in [0.25, 0.3) is 5.91 Å². The smallest absolute Gasteiger partial charge is 0.408 e. The summed E-state index contributed by atoms with van der Waals surface area (Å²) in [5.74, 6) is -2.20. The van der Waals surface area contributed by atoms with Crippen LogP contribution in [0.4, 0.5) is 4.79 Å². The number of methoxy groups -OCH3 is 1. The molecule has 1 aromatic heterocycles.